The molecule has 0 fully saturated rings. The van der Waals surface area contributed by atoms with Gasteiger partial charge >= 0.3 is 0 Å². The van der Waals surface area contributed by atoms with E-state index < -0.39 is 0 Å². The third-order valence-corrected chi connectivity index (χ3v) is 2.91. The zero-order valence-electron chi connectivity index (χ0n) is 11.5. The molecule has 0 saturated heterocycles. The van der Waals surface area contributed by atoms with Crippen molar-refractivity contribution in [1.82, 2.24) is 9.55 Å². The summed E-state index contributed by atoms with van der Waals surface area (Å²) in [5.41, 5.74) is 7.50. The highest BCUT2D eigenvalue weighted by Gasteiger charge is 2.11. The van der Waals surface area contributed by atoms with Crippen LogP contribution in [0.2, 0.25) is 0 Å². The molecular formula is C15H16N4O. The summed E-state index contributed by atoms with van der Waals surface area (Å²) >= 11 is 0. The largest absolute Gasteiger partial charge is 0.344 e. The van der Waals surface area contributed by atoms with E-state index in [1.54, 1.807) is 24.3 Å². The molecule has 2 heterocycles. The average molecular weight is 268 g/mol. The van der Waals surface area contributed by atoms with E-state index in [0.29, 0.717) is 17.2 Å². The predicted molar refractivity (Wildman–Crippen MR) is 78.3 cm³/mol. The number of nitrogens with zero attached hydrogens (tertiary/aromatic N) is 2. The number of carbonyl (C=O) groups excluding carboxylic acids is 1. The molecule has 2 aromatic rings. The molecule has 20 heavy (non-hydrogen) atoms. The summed E-state index contributed by atoms with van der Waals surface area (Å²) in [6, 6.07) is 8.96. The molecule has 0 bridgehead atoms. The van der Waals surface area contributed by atoms with Crippen molar-refractivity contribution in [2.45, 2.75) is 6.92 Å². The van der Waals surface area contributed by atoms with E-state index in [9.17, 15) is 4.79 Å². The van der Waals surface area contributed by atoms with Gasteiger partial charge in [0.1, 0.15) is 17.2 Å². The minimum absolute atomic E-state index is 0.197. The highest BCUT2D eigenvalue weighted by Crippen LogP contribution is 2.10. The van der Waals surface area contributed by atoms with Crippen LogP contribution in [0.3, 0.4) is 0 Å². The molecule has 5 heteroatoms. The normalized spacial score (nSPS) is 9.75. The molecule has 0 radical (unpaired) electrons. The lowest BCUT2D eigenvalue weighted by Crippen LogP contribution is -2.16. The minimum atomic E-state index is -0.197. The Bertz CT molecular complexity index is 691. The molecule has 0 aliphatic heterocycles. The quantitative estimate of drug-likeness (QED) is 0.806. The van der Waals surface area contributed by atoms with Gasteiger partial charge in [0.15, 0.2) is 0 Å². The number of amides is 1. The Labute approximate surface area is 117 Å². The van der Waals surface area contributed by atoms with Crippen molar-refractivity contribution < 1.29 is 4.79 Å². The maximum absolute atomic E-state index is 12.1. The van der Waals surface area contributed by atoms with Crippen LogP contribution in [0.5, 0.6) is 0 Å². The lowest BCUT2D eigenvalue weighted by Gasteiger charge is -2.06. The second-order valence-corrected chi connectivity index (χ2v) is 4.29. The zero-order valence-corrected chi connectivity index (χ0v) is 11.5. The standard InChI is InChI=1S/C15H16N4O/c1-11-8-9-13(19(11)2)15(20)18-14-7-3-5-12(17-14)6-4-10-16/h3,5,7-9H,10,16H2,1-2H3,(H,17,18,20). The topological polar surface area (TPSA) is 72.9 Å². The molecule has 0 aromatic carbocycles. The van der Waals surface area contributed by atoms with Gasteiger partial charge in [0.05, 0.1) is 6.54 Å². The van der Waals surface area contributed by atoms with Crippen LogP contribution in [0.4, 0.5) is 5.82 Å². The van der Waals surface area contributed by atoms with E-state index >= 15 is 0 Å². The third-order valence-electron chi connectivity index (χ3n) is 2.91. The summed E-state index contributed by atoms with van der Waals surface area (Å²) in [5.74, 6) is 5.83. The van der Waals surface area contributed by atoms with Crippen molar-refractivity contribution in [3.8, 4) is 11.8 Å². The number of anilines is 1. The lowest BCUT2D eigenvalue weighted by molar-refractivity contribution is 0.101. The number of nitrogens with two attached hydrogens (primary N) is 1. The molecule has 102 valence electrons. The summed E-state index contributed by atoms with van der Waals surface area (Å²) in [5, 5.41) is 2.76. The van der Waals surface area contributed by atoms with Crippen molar-refractivity contribution in [3.63, 3.8) is 0 Å². The Morgan fingerprint density at radius 2 is 2.20 bits per heavy atom. The van der Waals surface area contributed by atoms with Gasteiger partial charge < -0.3 is 15.6 Å². The molecule has 0 atom stereocenters. The van der Waals surface area contributed by atoms with Crippen LogP contribution >= 0.6 is 0 Å². The molecular weight excluding hydrogens is 252 g/mol. The second-order valence-electron chi connectivity index (χ2n) is 4.29. The molecule has 2 rings (SSSR count). The fraction of sp³-hybridized carbons (Fsp3) is 0.200. The number of carbonyl (C=O) groups is 1. The number of nitrogens with one attached hydrogen (secondary N) is 1. The first-order valence-electron chi connectivity index (χ1n) is 6.21. The Balaban J connectivity index is 2.18. The Morgan fingerprint density at radius 3 is 2.85 bits per heavy atom. The Hall–Kier alpha value is -2.58. The van der Waals surface area contributed by atoms with Crippen LogP contribution < -0.4 is 11.1 Å². The third kappa shape index (κ3) is 3.05. The summed E-state index contributed by atoms with van der Waals surface area (Å²) in [6.45, 7) is 2.22. The Morgan fingerprint density at radius 1 is 1.40 bits per heavy atom. The SMILES string of the molecule is Cc1ccc(C(=O)Nc2cccc(C#CCN)n2)n1C. The molecule has 0 aliphatic rings. The minimum Gasteiger partial charge on any atom is -0.344 e. The van der Waals surface area contributed by atoms with Gasteiger partial charge in [0.2, 0.25) is 0 Å². The van der Waals surface area contributed by atoms with Crippen molar-refractivity contribution in [1.29, 1.82) is 0 Å². The van der Waals surface area contributed by atoms with E-state index in [1.165, 1.54) is 0 Å². The molecule has 2 aromatic heterocycles. The number of pyridine rings is 1. The van der Waals surface area contributed by atoms with Crippen LogP contribution in [-0.2, 0) is 7.05 Å². The molecule has 5 nitrogen and oxygen atoms in total. The summed E-state index contributed by atoms with van der Waals surface area (Å²) in [6.07, 6.45) is 0. The maximum atomic E-state index is 12.1. The number of hydrogen-bond acceptors (Lipinski definition) is 3. The summed E-state index contributed by atoms with van der Waals surface area (Å²) in [4.78, 5) is 16.4. The van der Waals surface area contributed by atoms with Crippen LogP contribution in [0.15, 0.2) is 30.3 Å². The second kappa shape index (κ2) is 6.04. The zero-order chi connectivity index (χ0) is 14.5. The van der Waals surface area contributed by atoms with Crippen molar-refractivity contribution in [2.24, 2.45) is 12.8 Å². The van der Waals surface area contributed by atoms with E-state index in [-0.39, 0.29) is 12.5 Å². The van der Waals surface area contributed by atoms with E-state index in [0.717, 1.165) is 5.69 Å². The van der Waals surface area contributed by atoms with Gasteiger partial charge in [-0.2, -0.15) is 0 Å². The van der Waals surface area contributed by atoms with Crippen LogP contribution in [0, 0.1) is 18.8 Å². The smallest absolute Gasteiger partial charge is 0.273 e. The van der Waals surface area contributed by atoms with E-state index in [1.807, 2.05) is 24.6 Å². The van der Waals surface area contributed by atoms with Gasteiger partial charge in [-0.1, -0.05) is 12.0 Å². The average Bonchev–Trinajstić information content (AvgIpc) is 2.77. The van der Waals surface area contributed by atoms with Crippen LogP contribution in [0.25, 0.3) is 0 Å². The number of hydrogen-bond donors (Lipinski definition) is 2. The molecule has 3 N–H and O–H groups in total. The fourth-order valence-corrected chi connectivity index (χ4v) is 1.74. The van der Waals surface area contributed by atoms with Crippen molar-refractivity contribution >= 4 is 11.7 Å². The molecule has 0 saturated carbocycles. The van der Waals surface area contributed by atoms with Gasteiger partial charge in [-0.15, -0.1) is 0 Å². The summed E-state index contributed by atoms with van der Waals surface area (Å²) in [7, 11) is 1.85. The van der Waals surface area contributed by atoms with Gasteiger partial charge in [-0.25, -0.2) is 4.98 Å². The van der Waals surface area contributed by atoms with Crippen molar-refractivity contribution in [3.05, 3.63) is 47.4 Å². The number of rotatable bonds is 2. The first-order chi connectivity index (χ1) is 9.61. The number of aromatic nitrogens is 2. The van der Waals surface area contributed by atoms with Gasteiger partial charge in [-0.3, -0.25) is 4.79 Å². The van der Waals surface area contributed by atoms with Gasteiger partial charge in [0.25, 0.3) is 5.91 Å². The van der Waals surface area contributed by atoms with E-state index in [4.69, 9.17) is 5.73 Å². The van der Waals surface area contributed by atoms with E-state index in [2.05, 4.69) is 22.1 Å². The molecule has 0 unspecified atom stereocenters. The first kappa shape index (κ1) is 13.8. The van der Waals surface area contributed by atoms with Crippen LogP contribution in [0.1, 0.15) is 21.9 Å². The summed E-state index contributed by atoms with van der Waals surface area (Å²) < 4.78 is 1.83. The maximum Gasteiger partial charge on any atom is 0.273 e. The highest BCUT2D eigenvalue weighted by molar-refractivity contribution is 6.02. The molecule has 1 amide bonds. The first-order valence-corrected chi connectivity index (χ1v) is 6.21. The number of aryl methyl sites for hydroxylation is 1. The predicted octanol–water partition coefficient (Wildman–Crippen LogP) is 1.29. The lowest BCUT2D eigenvalue weighted by atomic mass is 10.3. The Kier molecular flexibility index (Phi) is 4.18. The fourth-order valence-electron chi connectivity index (χ4n) is 1.74. The highest BCUT2D eigenvalue weighted by atomic mass is 16.2. The molecule has 0 spiro atoms. The monoisotopic (exact) mass is 268 g/mol. The van der Waals surface area contributed by atoms with Crippen LogP contribution in [-0.4, -0.2) is 22.0 Å². The van der Waals surface area contributed by atoms with Gasteiger partial charge in [-0.05, 0) is 37.1 Å². The molecule has 0 aliphatic carbocycles. The van der Waals surface area contributed by atoms with Gasteiger partial charge in [0, 0.05) is 12.7 Å². The van der Waals surface area contributed by atoms with Crippen molar-refractivity contribution in [2.75, 3.05) is 11.9 Å².